The zero-order valence-electron chi connectivity index (χ0n) is 15.0. The summed E-state index contributed by atoms with van der Waals surface area (Å²) in [7, 11) is 1.69. The van der Waals surface area contributed by atoms with Gasteiger partial charge in [0.2, 0.25) is 5.91 Å². The number of hydrogen-bond donors (Lipinski definition) is 2. The van der Waals surface area contributed by atoms with Gasteiger partial charge in [0.05, 0.1) is 12.0 Å². The Hall–Kier alpha value is -2.73. The molecule has 0 atom stereocenters. The van der Waals surface area contributed by atoms with E-state index in [-0.39, 0.29) is 29.5 Å². The van der Waals surface area contributed by atoms with Gasteiger partial charge in [0.25, 0.3) is 5.91 Å². The van der Waals surface area contributed by atoms with Crippen molar-refractivity contribution in [3.63, 3.8) is 0 Å². The normalized spacial score (nSPS) is 15.2. The number of pyridine rings is 1. The topological polar surface area (TPSA) is 83.5 Å². The first kappa shape index (κ1) is 19.0. The average Bonchev–Trinajstić information content (AvgIpc) is 2.62. The lowest BCUT2D eigenvalue weighted by atomic mass is 9.77. The maximum Gasteiger partial charge on any atom is 0.270 e. The van der Waals surface area contributed by atoms with Crippen LogP contribution in [-0.4, -0.2) is 35.6 Å². The van der Waals surface area contributed by atoms with Gasteiger partial charge in [0, 0.05) is 30.2 Å². The van der Waals surface area contributed by atoms with Gasteiger partial charge in [-0.2, -0.15) is 0 Å². The fourth-order valence-corrected chi connectivity index (χ4v) is 3.24. The molecule has 1 aromatic carbocycles. The van der Waals surface area contributed by atoms with Gasteiger partial charge in [0.1, 0.15) is 5.69 Å². The molecule has 1 heterocycles. The second kappa shape index (κ2) is 8.31. The quantitative estimate of drug-likeness (QED) is 0.750. The number of hydrogen-bond acceptors (Lipinski definition) is 4. The number of amides is 2. The Kier molecular flexibility index (Phi) is 5.86. The minimum absolute atomic E-state index is 0.152. The van der Waals surface area contributed by atoms with Crippen molar-refractivity contribution in [1.29, 1.82) is 0 Å². The second-order valence-corrected chi connectivity index (χ2v) is 7.00. The van der Waals surface area contributed by atoms with Gasteiger partial charge < -0.3 is 10.6 Å². The molecule has 1 fully saturated rings. The van der Waals surface area contributed by atoms with E-state index in [1.54, 1.807) is 37.5 Å². The standard InChI is InChI=1S/C20H21ClN4O2/c1-22-13-20(8-4-9-20)25-19(27)17-12-15(7-10-23-17)24-18(26)11-14-5-2-3-6-16(14)21/h2-3,5-7,10,12-13H,4,8-9,11H2,1H3,(H,25,27)(H,23,24,26). The number of halogens is 1. The van der Waals surface area contributed by atoms with Crippen molar-refractivity contribution in [2.24, 2.45) is 4.99 Å². The molecule has 0 unspecified atom stereocenters. The maximum absolute atomic E-state index is 12.5. The van der Waals surface area contributed by atoms with E-state index in [9.17, 15) is 9.59 Å². The van der Waals surface area contributed by atoms with Crippen molar-refractivity contribution in [3.8, 4) is 0 Å². The van der Waals surface area contributed by atoms with E-state index < -0.39 is 0 Å². The third kappa shape index (κ3) is 4.71. The summed E-state index contributed by atoms with van der Waals surface area (Å²) in [6.45, 7) is 0. The molecule has 0 aliphatic heterocycles. The summed E-state index contributed by atoms with van der Waals surface area (Å²) >= 11 is 6.09. The molecule has 2 amide bonds. The highest BCUT2D eigenvalue weighted by Gasteiger charge is 2.37. The SMILES string of the molecule is CN=CC1(NC(=O)c2cc(NC(=O)Cc3ccccc3Cl)ccn2)CCC1. The highest BCUT2D eigenvalue weighted by Crippen LogP contribution is 2.30. The van der Waals surface area contributed by atoms with Crippen molar-refractivity contribution in [2.75, 3.05) is 12.4 Å². The zero-order chi connectivity index (χ0) is 19.3. The molecular weight excluding hydrogens is 364 g/mol. The van der Waals surface area contributed by atoms with Crippen LogP contribution in [-0.2, 0) is 11.2 Å². The third-order valence-corrected chi connectivity index (χ3v) is 4.94. The first-order valence-corrected chi connectivity index (χ1v) is 9.14. The number of nitrogens with one attached hydrogen (secondary N) is 2. The molecule has 1 saturated carbocycles. The fraction of sp³-hybridized carbons (Fsp3) is 0.300. The molecule has 0 spiro atoms. The van der Waals surface area contributed by atoms with E-state index in [0.717, 1.165) is 24.8 Å². The number of aromatic nitrogens is 1. The van der Waals surface area contributed by atoms with E-state index in [1.165, 1.54) is 6.20 Å². The summed E-state index contributed by atoms with van der Waals surface area (Å²) in [6.07, 6.45) is 6.22. The summed E-state index contributed by atoms with van der Waals surface area (Å²) in [5.41, 5.74) is 1.13. The van der Waals surface area contributed by atoms with Crippen LogP contribution in [0, 0.1) is 0 Å². The number of aliphatic imine (C=N–C) groups is 1. The van der Waals surface area contributed by atoms with Crippen LogP contribution in [0.3, 0.4) is 0 Å². The molecule has 1 aliphatic rings. The van der Waals surface area contributed by atoms with Crippen molar-refractivity contribution in [2.45, 2.75) is 31.2 Å². The Morgan fingerprint density at radius 1 is 1.30 bits per heavy atom. The van der Waals surface area contributed by atoms with Crippen LogP contribution in [0.4, 0.5) is 5.69 Å². The molecular formula is C20H21ClN4O2. The van der Waals surface area contributed by atoms with Gasteiger partial charge in [-0.05, 0) is 43.0 Å². The lowest BCUT2D eigenvalue weighted by Gasteiger charge is -2.39. The number of carbonyl (C=O) groups is 2. The molecule has 6 nitrogen and oxygen atoms in total. The van der Waals surface area contributed by atoms with Gasteiger partial charge in [0.15, 0.2) is 0 Å². The molecule has 0 saturated heterocycles. The number of nitrogens with zero attached hydrogens (tertiary/aromatic N) is 2. The van der Waals surface area contributed by atoms with Crippen molar-refractivity contribution < 1.29 is 9.59 Å². The largest absolute Gasteiger partial charge is 0.340 e. The van der Waals surface area contributed by atoms with Gasteiger partial charge in [-0.3, -0.25) is 19.6 Å². The minimum Gasteiger partial charge on any atom is -0.340 e. The van der Waals surface area contributed by atoms with Crippen LogP contribution in [0.25, 0.3) is 0 Å². The number of anilines is 1. The summed E-state index contributed by atoms with van der Waals surface area (Å²) < 4.78 is 0. The van der Waals surface area contributed by atoms with Gasteiger partial charge in [-0.15, -0.1) is 0 Å². The van der Waals surface area contributed by atoms with E-state index >= 15 is 0 Å². The second-order valence-electron chi connectivity index (χ2n) is 6.60. The number of rotatable bonds is 6. The Morgan fingerprint density at radius 2 is 2.07 bits per heavy atom. The van der Waals surface area contributed by atoms with Crippen LogP contribution in [0.1, 0.15) is 35.3 Å². The maximum atomic E-state index is 12.5. The van der Waals surface area contributed by atoms with Crippen LogP contribution in [0.15, 0.2) is 47.6 Å². The molecule has 0 radical (unpaired) electrons. The first-order valence-electron chi connectivity index (χ1n) is 8.76. The van der Waals surface area contributed by atoms with E-state index in [1.807, 2.05) is 12.1 Å². The highest BCUT2D eigenvalue weighted by molar-refractivity contribution is 6.31. The molecule has 0 bridgehead atoms. The molecule has 1 aliphatic carbocycles. The minimum atomic E-state index is -0.378. The van der Waals surface area contributed by atoms with Crippen molar-refractivity contribution >= 4 is 35.3 Å². The molecule has 1 aromatic heterocycles. The van der Waals surface area contributed by atoms with Crippen LogP contribution < -0.4 is 10.6 Å². The summed E-state index contributed by atoms with van der Waals surface area (Å²) in [5.74, 6) is -0.494. The van der Waals surface area contributed by atoms with Gasteiger partial charge in [-0.1, -0.05) is 29.8 Å². The van der Waals surface area contributed by atoms with Gasteiger partial charge >= 0.3 is 0 Å². The van der Waals surface area contributed by atoms with Crippen molar-refractivity contribution in [3.05, 3.63) is 58.9 Å². The average molecular weight is 385 g/mol. The Morgan fingerprint density at radius 3 is 2.74 bits per heavy atom. The van der Waals surface area contributed by atoms with E-state index in [4.69, 9.17) is 11.6 Å². The highest BCUT2D eigenvalue weighted by atomic mass is 35.5. The Balaban J connectivity index is 1.65. The van der Waals surface area contributed by atoms with E-state index in [0.29, 0.717) is 10.7 Å². The summed E-state index contributed by atoms with van der Waals surface area (Å²) in [5, 5.41) is 6.33. The van der Waals surface area contributed by atoms with Crippen molar-refractivity contribution in [1.82, 2.24) is 10.3 Å². The zero-order valence-corrected chi connectivity index (χ0v) is 15.8. The first-order chi connectivity index (χ1) is 13.0. The Bertz CT molecular complexity index is 878. The molecule has 140 valence electrons. The number of benzene rings is 1. The molecule has 3 rings (SSSR count). The smallest absolute Gasteiger partial charge is 0.270 e. The lowest BCUT2D eigenvalue weighted by molar-refractivity contribution is -0.115. The van der Waals surface area contributed by atoms with Crippen LogP contribution >= 0.6 is 11.6 Å². The monoisotopic (exact) mass is 384 g/mol. The summed E-state index contributed by atoms with van der Waals surface area (Å²) in [4.78, 5) is 33.0. The molecule has 2 aromatic rings. The van der Waals surface area contributed by atoms with Crippen LogP contribution in [0.2, 0.25) is 5.02 Å². The predicted octanol–water partition coefficient (Wildman–Crippen LogP) is 3.27. The third-order valence-electron chi connectivity index (χ3n) is 4.57. The molecule has 27 heavy (non-hydrogen) atoms. The lowest BCUT2D eigenvalue weighted by Crippen LogP contribution is -2.55. The summed E-state index contributed by atoms with van der Waals surface area (Å²) in [6, 6.07) is 10.4. The molecule has 2 N–H and O–H groups in total. The molecule has 7 heteroatoms. The van der Waals surface area contributed by atoms with Crippen LogP contribution in [0.5, 0.6) is 0 Å². The van der Waals surface area contributed by atoms with E-state index in [2.05, 4.69) is 20.6 Å². The fourth-order valence-electron chi connectivity index (χ4n) is 3.03. The predicted molar refractivity (Wildman–Crippen MR) is 106 cm³/mol. The number of carbonyl (C=O) groups excluding carboxylic acids is 2. The Labute approximate surface area is 163 Å². The van der Waals surface area contributed by atoms with Gasteiger partial charge in [-0.25, -0.2) is 0 Å².